The summed E-state index contributed by atoms with van der Waals surface area (Å²) in [5.74, 6) is 0.624. The first-order valence-electron chi connectivity index (χ1n) is 5.47. The van der Waals surface area contributed by atoms with Crippen LogP contribution in [0.25, 0.3) is 0 Å². The summed E-state index contributed by atoms with van der Waals surface area (Å²) in [4.78, 5) is 4.08. The van der Waals surface area contributed by atoms with Crippen LogP contribution >= 0.6 is 0 Å². The molecule has 0 atom stereocenters. The predicted molar refractivity (Wildman–Crippen MR) is 63.0 cm³/mol. The summed E-state index contributed by atoms with van der Waals surface area (Å²) < 4.78 is 0. The van der Waals surface area contributed by atoms with Crippen molar-refractivity contribution in [1.82, 2.24) is 4.98 Å². The summed E-state index contributed by atoms with van der Waals surface area (Å²) in [5.41, 5.74) is -0.328. The topological polar surface area (TPSA) is 68.9 Å². The van der Waals surface area contributed by atoms with Gasteiger partial charge in [0.2, 0.25) is 0 Å². The maximum Gasteiger partial charge on any atom is 0.142 e. The summed E-state index contributed by atoms with van der Waals surface area (Å²) >= 11 is 0. The molecule has 0 bridgehead atoms. The molecule has 0 spiro atoms. The molecule has 0 fully saturated rings. The number of rotatable bonds is 5. The number of hydrogen-bond acceptors (Lipinski definition) is 4. The van der Waals surface area contributed by atoms with E-state index >= 15 is 0 Å². The number of hydrogen-bond donors (Lipinski definition) is 2. The largest absolute Gasteiger partial charge is 0.388 e. The van der Waals surface area contributed by atoms with E-state index in [1.807, 2.05) is 19.9 Å². The molecule has 4 nitrogen and oxygen atoms in total. The number of pyridine rings is 1. The van der Waals surface area contributed by atoms with Gasteiger partial charge in [0, 0.05) is 6.54 Å². The maximum atomic E-state index is 10.1. The lowest BCUT2D eigenvalue weighted by Gasteiger charge is -2.25. The lowest BCUT2D eigenvalue weighted by Crippen LogP contribution is -2.35. The number of nitriles is 1. The fourth-order valence-electron chi connectivity index (χ4n) is 1.35. The summed E-state index contributed by atoms with van der Waals surface area (Å²) in [7, 11) is 0. The molecule has 0 amide bonds. The quantitative estimate of drug-likeness (QED) is 0.793. The van der Waals surface area contributed by atoms with Crippen LogP contribution in [-0.2, 0) is 0 Å². The average molecular weight is 219 g/mol. The van der Waals surface area contributed by atoms with Gasteiger partial charge in [0.05, 0.1) is 5.60 Å². The molecule has 0 saturated carbocycles. The second-order valence-electron chi connectivity index (χ2n) is 3.80. The highest BCUT2D eigenvalue weighted by molar-refractivity contribution is 5.38. The van der Waals surface area contributed by atoms with Gasteiger partial charge in [0.25, 0.3) is 0 Å². The minimum absolute atomic E-state index is 0.376. The van der Waals surface area contributed by atoms with Gasteiger partial charge in [-0.15, -0.1) is 0 Å². The summed E-state index contributed by atoms with van der Waals surface area (Å²) in [6.07, 6.45) is 1.38. The number of nitrogens with one attached hydrogen (secondary N) is 1. The van der Waals surface area contributed by atoms with E-state index in [2.05, 4.69) is 10.3 Å². The van der Waals surface area contributed by atoms with Crippen LogP contribution in [0.3, 0.4) is 0 Å². The van der Waals surface area contributed by atoms with Crippen LogP contribution in [0.4, 0.5) is 5.82 Å². The fourth-order valence-corrected chi connectivity index (χ4v) is 1.35. The highest BCUT2D eigenvalue weighted by Gasteiger charge is 2.21. The minimum atomic E-state index is -0.704. The van der Waals surface area contributed by atoms with Crippen molar-refractivity contribution in [2.24, 2.45) is 0 Å². The Morgan fingerprint density at radius 3 is 2.69 bits per heavy atom. The Labute approximate surface area is 95.9 Å². The van der Waals surface area contributed by atoms with Crippen molar-refractivity contribution in [3.05, 3.63) is 23.9 Å². The highest BCUT2D eigenvalue weighted by atomic mass is 16.3. The van der Waals surface area contributed by atoms with E-state index in [9.17, 15) is 5.11 Å². The standard InChI is InChI=1S/C12H17N3O/c1-3-12(16,4-2)9-14-11-7-5-6-10(8-13)15-11/h5-7,16H,3-4,9H2,1-2H3,(H,14,15). The SMILES string of the molecule is CCC(O)(CC)CNc1cccc(C#N)n1. The van der Waals surface area contributed by atoms with E-state index < -0.39 is 5.60 Å². The van der Waals surface area contributed by atoms with Gasteiger partial charge < -0.3 is 10.4 Å². The first-order chi connectivity index (χ1) is 7.63. The lowest BCUT2D eigenvalue weighted by molar-refractivity contribution is 0.0456. The third kappa shape index (κ3) is 3.21. The molecule has 4 heteroatoms. The molecule has 2 N–H and O–H groups in total. The van der Waals surface area contributed by atoms with Crippen molar-refractivity contribution in [2.75, 3.05) is 11.9 Å². The van der Waals surface area contributed by atoms with Crippen LogP contribution in [0.15, 0.2) is 18.2 Å². The first kappa shape index (κ1) is 12.5. The minimum Gasteiger partial charge on any atom is -0.388 e. The Balaban J connectivity index is 2.64. The highest BCUT2D eigenvalue weighted by Crippen LogP contribution is 2.15. The molecule has 86 valence electrons. The van der Waals surface area contributed by atoms with Gasteiger partial charge in [-0.1, -0.05) is 19.9 Å². The van der Waals surface area contributed by atoms with Crippen molar-refractivity contribution in [1.29, 1.82) is 5.26 Å². The van der Waals surface area contributed by atoms with E-state index in [1.54, 1.807) is 18.2 Å². The van der Waals surface area contributed by atoms with E-state index in [0.717, 1.165) is 0 Å². The van der Waals surface area contributed by atoms with Crippen LogP contribution in [0.1, 0.15) is 32.4 Å². The molecule has 0 aliphatic carbocycles. The molecule has 0 aromatic carbocycles. The van der Waals surface area contributed by atoms with Crippen molar-refractivity contribution < 1.29 is 5.11 Å². The van der Waals surface area contributed by atoms with Gasteiger partial charge in [0.1, 0.15) is 17.6 Å². The zero-order valence-electron chi connectivity index (χ0n) is 9.70. The molecule has 16 heavy (non-hydrogen) atoms. The van der Waals surface area contributed by atoms with Crippen molar-refractivity contribution in [3.8, 4) is 6.07 Å². The van der Waals surface area contributed by atoms with Gasteiger partial charge in [-0.3, -0.25) is 0 Å². The summed E-state index contributed by atoms with van der Waals surface area (Å²) in [6, 6.07) is 7.18. The number of aliphatic hydroxyl groups is 1. The van der Waals surface area contributed by atoms with E-state index in [0.29, 0.717) is 30.9 Å². The molecule has 0 aliphatic rings. The second-order valence-corrected chi connectivity index (χ2v) is 3.80. The normalized spacial score (nSPS) is 10.9. The van der Waals surface area contributed by atoms with Crippen molar-refractivity contribution >= 4 is 5.82 Å². The summed E-state index contributed by atoms with van der Waals surface area (Å²) in [6.45, 7) is 4.34. The monoisotopic (exact) mass is 219 g/mol. The predicted octanol–water partition coefficient (Wildman–Crippen LogP) is 1.92. The molecule has 1 heterocycles. The zero-order valence-corrected chi connectivity index (χ0v) is 9.70. The Hall–Kier alpha value is -1.60. The Kier molecular flexibility index (Phi) is 4.27. The van der Waals surface area contributed by atoms with Crippen molar-refractivity contribution in [3.63, 3.8) is 0 Å². The molecular formula is C12H17N3O. The molecular weight excluding hydrogens is 202 g/mol. The molecule has 1 rings (SSSR count). The Morgan fingerprint density at radius 2 is 2.12 bits per heavy atom. The zero-order chi connectivity index (χ0) is 12.0. The average Bonchev–Trinajstić information content (AvgIpc) is 2.36. The van der Waals surface area contributed by atoms with Gasteiger partial charge in [-0.05, 0) is 25.0 Å². The first-order valence-corrected chi connectivity index (χ1v) is 5.47. The molecule has 0 aliphatic heterocycles. The Morgan fingerprint density at radius 1 is 1.44 bits per heavy atom. The van der Waals surface area contributed by atoms with Crippen LogP contribution in [0.2, 0.25) is 0 Å². The molecule has 1 aromatic heterocycles. The molecule has 0 radical (unpaired) electrons. The molecule has 1 aromatic rings. The summed E-state index contributed by atoms with van der Waals surface area (Å²) in [5, 5.41) is 21.8. The third-order valence-corrected chi connectivity index (χ3v) is 2.78. The van der Waals surface area contributed by atoms with Crippen LogP contribution in [0, 0.1) is 11.3 Å². The van der Waals surface area contributed by atoms with E-state index in [4.69, 9.17) is 5.26 Å². The number of nitrogens with zero attached hydrogens (tertiary/aromatic N) is 2. The van der Waals surface area contributed by atoms with E-state index in [1.165, 1.54) is 0 Å². The fraction of sp³-hybridized carbons (Fsp3) is 0.500. The molecule has 0 unspecified atom stereocenters. The maximum absolute atomic E-state index is 10.1. The number of aromatic nitrogens is 1. The lowest BCUT2D eigenvalue weighted by atomic mass is 9.98. The van der Waals surface area contributed by atoms with Crippen LogP contribution in [-0.4, -0.2) is 22.2 Å². The van der Waals surface area contributed by atoms with Gasteiger partial charge in [-0.25, -0.2) is 4.98 Å². The number of anilines is 1. The van der Waals surface area contributed by atoms with Crippen molar-refractivity contribution in [2.45, 2.75) is 32.3 Å². The second kappa shape index (κ2) is 5.47. The third-order valence-electron chi connectivity index (χ3n) is 2.78. The molecule has 0 saturated heterocycles. The smallest absolute Gasteiger partial charge is 0.142 e. The van der Waals surface area contributed by atoms with E-state index in [-0.39, 0.29) is 0 Å². The van der Waals surface area contributed by atoms with Gasteiger partial charge >= 0.3 is 0 Å². The Bertz CT molecular complexity index is 380. The van der Waals surface area contributed by atoms with Crippen LogP contribution in [0.5, 0.6) is 0 Å². The van der Waals surface area contributed by atoms with Gasteiger partial charge in [0.15, 0.2) is 0 Å². The van der Waals surface area contributed by atoms with Gasteiger partial charge in [-0.2, -0.15) is 5.26 Å². The van der Waals surface area contributed by atoms with Crippen LogP contribution < -0.4 is 5.32 Å².